The molecule has 0 spiro atoms. The van der Waals surface area contributed by atoms with Gasteiger partial charge in [-0.15, -0.1) is 0 Å². The maximum absolute atomic E-state index is 4.58. The van der Waals surface area contributed by atoms with E-state index in [1.807, 2.05) is 12.1 Å². The molecule has 0 saturated carbocycles. The van der Waals surface area contributed by atoms with Gasteiger partial charge in [0, 0.05) is 0 Å². The smallest absolute Gasteiger partial charge is 0.0902 e. The van der Waals surface area contributed by atoms with Crippen LogP contribution in [0.2, 0.25) is 0 Å². The van der Waals surface area contributed by atoms with Crippen LogP contribution in [0.15, 0.2) is 29.1 Å². The van der Waals surface area contributed by atoms with Crippen molar-refractivity contribution in [3.05, 3.63) is 24.7 Å². The van der Waals surface area contributed by atoms with Crippen LogP contribution in [-0.4, -0.2) is 0 Å². The summed E-state index contributed by atoms with van der Waals surface area (Å²) in [7, 11) is 0. The van der Waals surface area contributed by atoms with Crippen molar-refractivity contribution in [1.29, 1.82) is 0 Å². The first-order valence-corrected chi connectivity index (χ1v) is 4.94. The van der Waals surface area contributed by atoms with Crippen LogP contribution in [-0.2, 0) is 0 Å². The molecule has 13 heavy (non-hydrogen) atoms. The molecule has 0 atom stereocenters. The molecule has 0 amide bonds. The highest BCUT2D eigenvalue weighted by Crippen LogP contribution is 1.81. The van der Waals surface area contributed by atoms with Crippen LogP contribution in [0.5, 0.6) is 0 Å². The molecule has 1 aromatic rings. The molecule has 1 nitrogen and oxygen atoms in total. The van der Waals surface area contributed by atoms with E-state index in [-0.39, 0.29) is 0 Å². The molecule has 0 bridgehead atoms. The van der Waals surface area contributed by atoms with Gasteiger partial charge in [0.05, 0.1) is 12.5 Å². The number of furan rings is 1. The van der Waals surface area contributed by atoms with E-state index in [2.05, 4.69) is 46.0 Å². The Balaban J connectivity index is 0. The summed E-state index contributed by atoms with van der Waals surface area (Å²) in [5.41, 5.74) is 0. The van der Waals surface area contributed by atoms with Crippen LogP contribution in [0, 0.1) is 11.8 Å². The van der Waals surface area contributed by atoms with Crippen molar-refractivity contribution in [2.75, 3.05) is 0 Å². The third-order valence-corrected chi connectivity index (χ3v) is 0.425. The molecule has 1 rings (SSSR count). The van der Waals surface area contributed by atoms with E-state index in [0.29, 0.717) is 0 Å². The molecule has 0 unspecified atom stereocenters. The first-order valence-electron chi connectivity index (χ1n) is 4.94. The normalized spacial score (nSPS) is 8.62. The topological polar surface area (TPSA) is 13.1 Å². The van der Waals surface area contributed by atoms with E-state index in [1.54, 1.807) is 12.5 Å². The van der Waals surface area contributed by atoms with E-state index in [4.69, 9.17) is 0 Å². The fourth-order valence-electron chi connectivity index (χ4n) is 0.227. The quantitative estimate of drug-likeness (QED) is 0.574. The molecule has 0 aliphatic carbocycles. The third kappa shape index (κ3) is 53.0. The molecule has 0 aliphatic rings. The van der Waals surface area contributed by atoms with Crippen LogP contribution in [0.4, 0.5) is 0 Å². The van der Waals surface area contributed by atoms with Crippen molar-refractivity contribution in [1.82, 2.24) is 0 Å². The average molecular weight is 184 g/mol. The lowest BCUT2D eigenvalue weighted by Crippen LogP contribution is -1.66. The number of rotatable bonds is 0. The minimum absolute atomic E-state index is 0.833. The zero-order chi connectivity index (χ0) is 10.7. The van der Waals surface area contributed by atoms with E-state index in [9.17, 15) is 0 Å². The van der Waals surface area contributed by atoms with Gasteiger partial charge < -0.3 is 4.42 Å². The van der Waals surface area contributed by atoms with Crippen molar-refractivity contribution in [2.45, 2.75) is 41.5 Å². The minimum atomic E-state index is 0.833. The van der Waals surface area contributed by atoms with Crippen molar-refractivity contribution in [3.8, 4) is 0 Å². The lowest BCUT2D eigenvalue weighted by molar-refractivity contribution is 0.567. The molecular formula is C12H24O. The molecule has 1 heterocycles. The fraction of sp³-hybridized carbons (Fsp3) is 0.667. The molecule has 78 valence electrons. The summed E-state index contributed by atoms with van der Waals surface area (Å²) in [6.45, 7) is 13.0. The highest BCUT2D eigenvalue weighted by atomic mass is 16.3. The molecule has 0 fully saturated rings. The van der Waals surface area contributed by atoms with Gasteiger partial charge >= 0.3 is 0 Å². The predicted octanol–water partition coefficient (Wildman–Crippen LogP) is 4.60. The van der Waals surface area contributed by atoms with Gasteiger partial charge in [0.15, 0.2) is 0 Å². The minimum Gasteiger partial charge on any atom is -0.473 e. The van der Waals surface area contributed by atoms with Gasteiger partial charge in [0.1, 0.15) is 0 Å². The molecule has 0 N–H and O–H groups in total. The first kappa shape index (κ1) is 14.8. The van der Waals surface area contributed by atoms with Crippen LogP contribution in [0.3, 0.4) is 0 Å². The summed E-state index contributed by atoms with van der Waals surface area (Å²) in [6.07, 6.45) is 3.25. The standard InChI is InChI=1S/C4H4O.2C4H10/c1-2-4-5-3-1;2*1-4(2)3/h1-4H;2*4H,1-3H3. The Morgan fingerprint density at radius 1 is 0.692 bits per heavy atom. The predicted molar refractivity (Wildman–Crippen MR) is 59.7 cm³/mol. The summed E-state index contributed by atoms with van der Waals surface area (Å²) in [5, 5.41) is 0. The highest BCUT2D eigenvalue weighted by Gasteiger charge is 1.68. The Labute approximate surface area is 83.2 Å². The van der Waals surface area contributed by atoms with Gasteiger partial charge in [-0.2, -0.15) is 0 Å². The highest BCUT2D eigenvalue weighted by molar-refractivity contribution is 4.79. The van der Waals surface area contributed by atoms with Crippen LogP contribution in [0.25, 0.3) is 0 Å². The van der Waals surface area contributed by atoms with Gasteiger partial charge in [-0.3, -0.25) is 0 Å². The molecule has 1 heteroatoms. The Morgan fingerprint density at radius 2 is 0.923 bits per heavy atom. The summed E-state index contributed by atoms with van der Waals surface area (Å²) >= 11 is 0. The Bertz CT molecular complexity index is 111. The van der Waals surface area contributed by atoms with Crippen molar-refractivity contribution < 1.29 is 4.42 Å². The molecular weight excluding hydrogens is 160 g/mol. The summed E-state index contributed by atoms with van der Waals surface area (Å²) in [5.74, 6) is 1.67. The Morgan fingerprint density at radius 3 is 1.00 bits per heavy atom. The first-order chi connectivity index (χ1) is 5.96. The van der Waals surface area contributed by atoms with Crippen LogP contribution in [0.1, 0.15) is 41.5 Å². The zero-order valence-corrected chi connectivity index (χ0v) is 9.87. The second kappa shape index (κ2) is 11.3. The largest absolute Gasteiger partial charge is 0.473 e. The van der Waals surface area contributed by atoms with Crippen molar-refractivity contribution in [2.24, 2.45) is 11.8 Å². The molecule has 0 aromatic carbocycles. The van der Waals surface area contributed by atoms with Crippen molar-refractivity contribution >= 4 is 0 Å². The number of hydrogen-bond acceptors (Lipinski definition) is 1. The molecule has 0 aliphatic heterocycles. The summed E-state index contributed by atoms with van der Waals surface area (Å²) in [6, 6.07) is 3.67. The lowest BCUT2D eigenvalue weighted by atomic mass is 10.3. The Kier molecular flexibility index (Phi) is 12.8. The number of hydrogen-bond donors (Lipinski definition) is 0. The van der Waals surface area contributed by atoms with Crippen molar-refractivity contribution in [3.63, 3.8) is 0 Å². The summed E-state index contributed by atoms with van der Waals surface area (Å²) in [4.78, 5) is 0. The second-order valence-electron chi connectivity index (χ2n) is 4.26. The molecule has 0 radical (unpaired) electrons. The van der Waals surface area contributed by atoms with E-state index in [1.165, 1.54) is 0 Å². The van der Waals surface area contributed by atoms with E-state index in [0.717, 1.165) is 11.8 Å². The van der Waals surface area contributed by atoms with E-state index >= 15 is 0 Å². The van der Waals surface area contributed by atoms with Gasteiger partial charge in [-0.25, -0.2) is 0 Å². The maximum Gasteiger partial charge on any atom is 0.0902 e. The van der Waals surface area contributed by atoms with Gasteiger partial charge in [-0.05, 0) is 24.0 Å². The second-order valence-corrected chi connectivity index (χ2v) is 4.26. The molecule has 0 saturated heterocycles. The van der Waals surface area contributed by atoms with Gasteiger partial charge in [-0.1, -0.05) is 41.5 Å². The van der Waals surface area contributed by atoms with Crippen LogP contribution < -0.4 is 0 Å². The van der Waals surface area contributed by atoms with Crippen LogP contribution >= 0.6 is 0 Å². The Hall–Kier alpha value is -0.720. The zero-order valence-electron chi connectivity index (χ0n) is 9.87. The van der Waals surface area contributed by atoms with Gasteiger partial charge in [0.2, 0.25) is 0 Å². The monoisotopic (exact) mass is 184 g/mol. The third-order valence-electron chi connectivity index (χ3n) is 0.425. The van der Waals surface area contributed by atoms with E-state index < -0.39 is 0 Å². The SMILES string of the molecule is CC(C)C.CC(C)C.c1ccoc1. The molecule has 1 aromatic heterocycles. The lowest BCUT2D eigenvalue weighted by Gasteiger charge is -1.79. The van der Waals surface area contributed by atoms with Gasteiger partial charge in [0.25, 0.3) is 0 Å². The summed E-state index contributed by atoms with van der Waals surface area (Å²) < 4.78 is 4.58. The maximum atomic E-state index is 4.58. The fourth-order valence-corrected chi connectivity index (χ4v) is 0.227. The average Bonchev–Trinajstić information content (AvgIpc) is 2.35.